The number of ether oxygens (including phenoxy) is 1. The summed E-state index contributed by atoms with van der Waals surface area (Å²) in [5, 5.41) is 33.8. The number of nitrogens with one attached hydrogen (secondary N) is 2. The number of nitrogens with zero attached hydrogens (tertiary/aromatic N) is 3. The molecule has 3 N–H and O–H groups in total. The zero-order valence-electron chi connectivity index (χ0n) is 14.8. The molecule has 0 aliphatic heterocycles. The summed E-state index contributed by atoms with van der Waals surface area (Å²) in [4.78, 5) is 22.9. The number of nitro groups is 1. The highest BCUT2D eigenvalue weighted by Gasteiger charge is 2.26. The summed E-state index contributed by atoms with van der Waals surface area (Å²) in [5.74, 6) is -0.541. The molecule has 3 aromatic rings. The molecular weight excluding hydrogens is 370 g/mol. The van der Waals surface area contributed by atoms with Gasteiger partial charge in [-0.2, -0.15) is 0 Å². The molecule has 0 aliphatic carbocycles. The van der Waals surface area contributed by atoms with Crippen LogP contribution in [-0.4, -0.2) is 46.6 Å². The van der Waals surface area contributed by atoms with Gasteiger partial charge in [-0.15, -0.1) is 0 Å². The molecule has 0 bridgehead atoms. The molecule has 0 amide bonds. The molecule has 11 nitrogen and oxygen atoms in total. The highest BCUT2D eigenvalue weighted by molar-refractivity contribution is 6.02. The first-order valence-corrected chi connectivity index (χ1v) is 8.29. The van der Waals surface area contributed by atoms with Crippen LogP contribution in [0.2, 0.25) is 0 Å². The molecule has 0 spiro atoms. The van der Waals surface area contributed by atoms with Gasteiger partial charge in [-0.25, -0.2) is 9.42 Å². The predicted molar refractivity (Wildman–Crippen MR) is 99.7 cm³/mol. The summed E-state index contributed by atoms with van der Waals surface area (Å²) in [7, 11) is 1.27. The third-order valence-electron chi connectivity index (χ3n) is 3.95. The Bertz CT molecular complexity index is 1020. The summed E-state index contributed by atoms with van der Waals surface area (Å²) < 4.78 is 9.49. The molecule has 28 heavy (non-hydrogen) atoms. The molecular formula is C17H17N5O6. The van der Waals surface area contributed by atoms with Crippen LogP contribution in [0.4, 0.5) is 22.7 Å². The topological polar surface area (TPSA) is 153 Å². The van der Waals surface area contributed by atoms with E-state index in [-0.39, 0.29) is 34.6 Å². The Balaban J connectivity index is 2.09. The van der Waals surface area contributed by atoms with E-state index in [2.05, 4.69) is 20.9 Å². The van der Waals surface area contributed by atoms with E-state index in [4.69, 9.17) is 14.5 Å². The minimum atomic E-state index is -0.583. The third-order valence-corrected chi connectivity index (χ3v) is 3.95. The van der Waals surface area contributed by atoms with Crippen molar-refractivity contribution >= 4 is 39.8 Å². The van der Waals surface area contributed by atoms with Gasteiger partial charge in [-0.3, -0.25) is 10.1 Å². The van der Waals surface area contributed by atoms with E-state index in [0.717, 1.165) is 0 Å². The lowest BCUT2D eigenvalue weighted by Gasteiger charge is -2.13. The number of esters is 1. The van der Waals surface area contributed by atoms with E-state index in [9.17, 15) is 14.9 Å². The smallest absolute Gasteiger partial charge is 0.339 e. The number of anilines is 3. The number of nitro benzene ring substituents is 1. The maximum atomic E-state index is 12.0. The number of methoxy groups -OCH3 is 1. The standard InChI is InChI=1S/C17H17N5O6/c1-27-17(24)10-5-2-3-6-11(10)19-12-9-13(18-7-4-8-23)16(22(25)26)15-14(12)20-28-21-15/h2-3,5-6,9,18-19,23H,4,7-8H2,1H3. The quantitative estimate of drug-likeness (QED) is 0.227. The Morgan fingerprint density at radius 3 is 2.71 bits per heavy atom. The van der Waals surface area contributed by atoms with Gasteiger partial charge in [-0.05, 0) is 34.9 Å². The monoisotopic (exact) mass is 387 g/mol. The van der Waals surface area contributed by atoms with E-state index in [1.807, 2.05) is 0 Å². The van der Waals surface area contributed by atoms with Crippen LogP contribution in [-0.2, 0) is 4.74 Å². The second-order valence-electron chi connectivity index (χ2n) is 5.70. The van der Waals surface area contributed by atoms with Crippen LogP contribution in [0.1, 0.15) is 16.8 Å². The second kappa shape index (κ2) is 8.31. The molecule has 0 unspecified atom stereocenters. The Hall–Kier alpha value is -3.73. The van der Waals surface area contributed by atoms with Crippen molar-refractivity contribution in [2.24, 2.45) is 0 Å². The number of rotatable bonds is 8. The van der Waals surface area contributed by atoms with E-state index in [1.54, 1.807) is 24.3 Å². The number of benzene rings is 2. The number of para-hydroxylation sites is 1. The van der Waals surface area contributed by atoms with Crippen LogP contribution in [0.25, 0.3) is 11.0 Å². The molecule has 0 radical (unpaired) electrons. The van der Waals surface area contributed by atoms with E-state index in [0.29, 0.717) is 24.3 Å². The van der Waals surface area contributed by atoms with E-state index in [1.165, 1.54) is 13.2 Å². The average Bonchev–Trinajstić information content (AvgIpc) is 3.17. The Morgan fingerprint density at radius 2 is 2.00 bits per heavy atom. The van der Waals surface area contributed by atoms with Crippen LogP contribution in [0, 0.1) is 10.1 Å². The van der Waals surface area contributed by atoms with Gasteiger partial charge in [0.15, 0.2) is 5.52 Å². The van der Waals surface area contributed by atoms with Crippen molar-refractivity contribution in [1.29, 1.82) is 0 Å². The van der Waals surface area contributed by atoms with Gasteiger partial charge in [0, 0.05) is 13.2 Å². The van der Waals surface area contributed by atoms with Gasteiger partial charge in [0.05, 0.1) is 29.0 Å². The lowest BCUT2D eigenvalue weighted by Crippen LogP contribution is -2.08. The number of aliphatic hydroxyl groups excluding tert-OH is 1. The first-order chi connectivity index (χ1) is 13.6. The first kappa shape index (κ1) is 19.0. The number of hydrogen-bond donors (Lipinski definition) is 3. The fraction of sp³-hybridized carbons (Fsp3) is 0.235. The molecule has 1 heterocycles. The number of carbonyl (C=O) groups is 1. The minimum Gasteiger partial charge on any atom is -0.465 e. The summed E-state index contributed by atoms with van der Waals surface area (Å²) in [5.41, 5.74) is 1.04. The SMILES string of the molecule is COC(=O)c1ccccc1Nc1cc(NCCCO)c([N+](=O)[O-])c2nonc12. The van der Waals surface area contributed by atoms with Gasteiger partial charge in [0.25, 0.3) is 0 Å². The Kier molecular flexibility index (Phi) is 5.65. The Labute approximate surface area is 158 Å². The predicted octanol–water partition coefficient (Wildman–Crippen LogP) is 2.46. The first-order valence-electron chi connectivity index (χ1n) is 8.29. The van der Waals surface area contributed by atoms with Gasteiger partial charge in [0.1, 0.15) is 5.69 Å². The second-order valence-corrected chi connectivity index (χ2v) is 5.70. The normalized spacial score (nSPS) is 10.6. The lowest BCUT2D eigenvalue weighted by atomic mass is 10.1. The maximum absolute atomic E-state index is 12.0. The highest BCUT2D eigenvalue weighted by Crippen LogP contribution is 2.38. The maximum Gasteiger partial charge on any atom is 0.339 e. The van der Waals surface area contributed by atoms with Crippen molar-refractivity contribution in [3.8, 4) is 0 Å². The number of hydrogen-bond acceptors (Lipinski definition) is 10. The molecule has 0 atom stereocenters. The zero-order valence-corrected chi connectivity index (χ0v) is 14.8. The van der Waals surface area contributed by atoms with Gasteiger partial charge >= 0.3 is 11.7 Å². The molecule has 0 saturated carbocycles. The van der Waals surface area contributed by atoms with E-state index < -0.39 is 10.9 Å². The van der Waals surface area contributed by atoms with Crippen LogP contribution in [0.3, 0.4) is 0 Å². The molecule has 11 heteroatoms. The van der Waals surface area contributed by atoms with Crippen LogP contribution < -0.4 is 10.6 Å². The third kappa shape index (κ3) is 3.69. The summed E-state index contributed by atoms with van der Waals surface area (Å²) in [6, 6.07) is 8.13. The van der Waals surface area contributed by atoms with Crippen molar-refractivity contribution in [2.75, 3.05) is 30.9 Å². The lowest BCUT2D eigenvalue weighted by molar-refractivity contribution is -0.382. The van der Waals surface area contributed by atoms with Crippen LogP contribution in [0.15, 0.2) is 35.0 Å². The number of aliphatic hydroxyl groups is 1. The van der Waals surface area contributed by atoms with Crippen molar-refractivity contribution < 1.29 is 24.2 Å². The number of carbonyl (C=O) groups excluding carboxylic acids is 1. The highest BCUT2D eigenvalue weighted by atomic mass is 16.6. The fourth-order valence-electron chi connectivity index (χ4n) is 2.67. The fourth-order valence-corrected chi connectivity index (χ4v) is 2.67. The van der Waals surface area contributed by atoms with Crippen molar-refractivity contribution in [3.05, 3.63) is 46.0 Å². The number of aromatic nitrogens is 2. The largest absolute Gasteiger partial charge is 0.465 e. The summed E-state index contributed by atoms with van der Waals surface area (Å²) in [6.45, 7) is 0.248. The van der Waals surface area contributed by atoms with Gasteiger partial charge < -0.3 is 20.5 Å². The van der Waals surface area contributed by atoms with Crippen LogP contribution in [0.5, 0.6) is 0 Å². The zero-order chi connectivity index (χ0) is 20.1. The van der Waals surface area contributed by atoms with Crippen LogP contribution >= 0.6 is 0 Å². The molecule has 146 valence electrons. The van der Waals surface area contributed by atoms with E-state index >= 15 is 0 Å². The summed E-state index contributed by atoms with van der Waals surface area (Å²) in [6.07, 6.45) is 0.403. The molecule has 0 fully saturated rings. The molecule has 0 saturated heterocycles. The van der Waals surface area contributed by atoms with Crippen molar-refractivity contribution in [1.82, 2.24) is 10.3 Å². The van der Waals surface area contributed by atoms with Gasteiger partial charge in [0.2, 0.25) is 5.52 Å². The van der Waals surface area contributed by atoms with Crippen molar-refractivity contribution in [2.45, 2.75) is 6.42 Å². The Morgan fingerprint density at radius 1 is 1.25 bits per heavy atom. The minimum absolute atomic E-state index is 0.0444. The van der Waals surface area contributed by atoms with Crippen molar-refractivity contribution in [3.63, 3.8) is 0 Å². The molecule has 0 aliphatic rings. The molecule has 1 aromatic heterocycles. The number of fused-ring (bicyclic) bond motifs is 1. The molecule has 2 aromatic carbocycles. The molecule has 3 rings (SSSR count). The van der Waals surface area contributed by atoms with Gasteiger partial charge in [-0.1, -0.05) is 12.1 Å². The summed E-state index contributed by atoms with van der Waals surface area (Å²) >= 11 is 0. The average molecular weight is 387 g/mol.